The van der Waals surface area contributed by atoms with Crippen molar-refractivity contribution in [3.8, 4) is 0 Å². The van der Waals surface area contributed by atoms with E-state index >= 15 is 0 Å². The fourth-order valence-electron chi connectivity index (χ4n) is 3.94. The molecule has 2 unspecified atom stereocenters. The van der Waals surface area contributed by atoms with Crippen LogP contribution >= 0.6 is 12.4 Å². The summed E-state index contributed by atoms with van der Waals surface area (Å²) in [6.07, 6.45) is 1.76. The molecular weight excluding hydrogens is 306 g/mol. The second-order valence-corrected chi connectivity index (χ2v) is 7.00. The van der Waals surface area contributed by atoms with Crippen molar-refractivity contribution in [1.29, 1.82) is 0 Å². The molecule has 3 heteroatoms. The molecule has 1 aliphatic carbocycles. The number of halogens is 1. The van der Waals surface area contributed by atoms with Gasteiger partial charge in [-0.15, -0.1) is 12.4 Å². The van der Waals surface area contributed by atoms with E-state index < -0.39 is 5.60 Å². The van der Waals surface area contributed by atoms with Crippen molar-refractivity contribution in [3.63, 3.8) is 0 Å². The van der Waals surface area contributed by atoms with Crippen LogP contribution in [0.4, 0.5) is 0 Å². The highest BCUT2D eigenvalue weighted by atomic mass is 35.5. The summed E-state index contributed by atoms with van der Waals surface area (Å²) < 4.78 is 0. The molecule has 1 N–H and O–H groups in total. The molecule has 0 fully saturated rings. The molecule has 0 radical (unpaired) electrons. The van der Waals surface area contributed by atoms with Crippen LogP contribution in [0.5, 0.6) is 0 Å². The lowest BCUT2D eigenvalue weighted by molar-refractivity contribution is 0.0440. The lowest BCUT2D eigenvalue weighted by Crippen LogP contribution is -2.32. The first kappa shape index (κ1) is 18.0. The minimum atomic E-state index is -0.765. The zero-order valence-electron chi connectivity index (χ0n) is 14.1. The van der Waals surface area contributed by atoms with Crippen molar-refractivity contribution < 1.29 is 5.11 Å². The zero-order chi connectivity index (χ0) is 15.8. The number of hydrogen-bond donors (Lipinski definition) is 1. The Labute approximate surface area is 145 Å². The standard InChI is InChI=1S/C20H25NO.ClH/c1-19(22)15-20(13-14-21(2)3,16-9-5-4-6-10-16)18-12-8-7-11-17(18)19;/h4-12,22H,13-15H2,1-3H3;1H. The largest absolute Gasteiger partial charge is 0.385 e. The number of benzene rings is 2. The van der Waals surface area contributed by atoms with Crippen LogP contribution in [0.15, 0.2) is 54.6 Å². The van der Waals surface area contributed by atoms with Gasteiger partial charge in [-0.3, -0.25) is 0 Å². The van der Waals surface area contributed by atoms with Gasteiger partial charge >= 0.3 is 0 Å². The summed E-state index contributed by atoms with van der Waals surface area (Å²) in [5.41, 5.74) is 2.80. The van der Waals surface area contributed by atoms with Gasteiger partial charge < -0.3 is 10.0 Å². The molecule has 124 valence electrons. The highest BCUT2D eigenvalue weighted by molar-refractivity contribution is 5.85. The third-order valence-electron chi connectivity index (χ3n) is 4.98. The molecule has 2 nitrogen and oxygen atoms in total. The van der Waals surface area contributed by atoms with E-state index in [0.717, 1.165) is 24.9 Å². The van der Waals surface area contributed by atoms with Gasteiger partial charge in [0.25, 0.3) is 0 Å². The van der Waals surface area contributed by atoms with Gasteiger partial charge in [0.15, 0.2) is 0 Å². The number of rotatable bonds is 4. The first-order chi connectivity index (χ1) is 10.5. The Kier molecular flexibility index (Phi) is 5.20. The fraction of sp³-hybridized carbons (Fsp3) is 0.400. The Bertz CT molecular complexity index is 654. The summed E-state index contributed by atoms with van der Waals surface area (Å²) >= 11 is 0. The average Bonchev–Trinajstić information content (AvgIpc) is 2.75. The summed E-state index contributed by atoms with van der Waals surface area (Å²) in [5.74, 6) is 0. The molecule has 0 saturated carbocycles. The van der Waals surface area contributed by atoms with E-state index in [1.54, 1.807) is 0 Å². The SMILES string of the molecule is CN(C)CCC1(c2ccccc2)CC(C)(O)c2ccccc21.Cl. The van der Waals surface area contributed by atoms with Gasteiger partial charge in [0.2, 0.25) is 0 Å². The van der Waals surface area contributed by atoms with E-state index in [9.17, 15) is 5.11 Å². The van der Waals surface area contributed by atoms with E-state index in [-0.39, 0.29) is 17.8 Å². The Morgan fingerprint density at radius 2 is 1.52 bits per heavy atom. The van der Waals surface area contributed by atoms with Crippen molar-refractivity contribution in [2.75, 3.05) is 20.6 Å². The summed E-state index contributed by atoms with van der Waals surface area (Å²) in [6, 6.07) is 19.1. The molecule has 0 aromatic heterocycles. The molecule has 0 amide bonds. The normalized spacial score (nSPS) is 26.0. The third-order valence-corrected chi connectivity index (χ3v) is 4.98. The maximum atomic E-state index is 11.0. The Morgan fingerprint density at radius 1 is 0.957 bits per heavy atom. The van der Waals surface area contributed by atoms with E-state index in [2.05, 4.69) is 67.5 Å². The van der Waals surface area contributed by atoms with Crippen LogP contribution in [-0.4, -0.2) is 30.6 Å². The number of aliphatic hydroxyl groups is 1. The highest BCUT2D eigenvalue weighted by Crippen LogP contribution is 2.53. The van der Waals surface area contributed by atoms with Crippen LogP contribution in [0.2, 0.25) is 0 Å². The smallest absolute Gasteiger partial charge is 0.0883 e. The van der Waals surface area contributed by atoms with E-state index in [4.69, 9.17) is 0 Å². The van der Waals surface area contributed by atoms with Gasteiger partial charge in [-0.2, -0.15) is 0 Å². The second-order valence-electron chi connectivity index (χ2n) is 7.00. The van der Waals surface area contributed by atoms with E-state index in [1.165, 1.54) is 11.1 Å². The van der Waals surface area contributed by atoms with Gasteiger partial charge in [0.1, 0.15) is 0 Å². The summed E-state index contributed by atoms with van der Waals surface area (Å²) in [5, 5.41) is 11.0. The van der Waals surface area contributed by atoms with Crippen LogP contribution in [0.25, 0.3) is 0 Å². The molecule has 0 heterocycles. The molecule has 3 rings (SSSR count). The van der Waals surface area contributed by atoms with Gasteiger partial charge in [-0.25, -0.2) is 0 Å². The summed E-state index contributed by atoms with van der Waals surface area (Å²) in [6.45, 7) is 2.95. The molecule has 1 aliphatic rings. The first-order valence-electron chi connectivity index (χ1n) is 7.98. The van der Waals surface area contributed by atoms with Crippen molar-refractivity contribution >= 4 is 12.4 Å². The van der Waals surface area contributed by atoms with E-state index in [1.807, 2.05) is 13.0 Å². The lowest BCUT2D eigenvalue weighted by Gasteiger charge is -2.33. The zero-order valence-corrected chi connectivity index (χ0v) is 14.9. The minimum absolute atomic E-state index is 0. The summed E-state index contributed by atoms with van der Waals surface area (Å²) in [4.78, 5) is 2.22. The van der Waals surface area contributed by atoms with Crippen LogP contribution in [0.1, 0.15) is 36.5 Å². The first-order valence-corrected chi connectivity index (χ1v) is 7.98. The second kappa shape index (κ2) is 6.64. The van der Waals surface area contributed by atoms with E-state index in [0.29, 0.717) is 0 Å². The van der Waals surface area contributed by atoms with Crippen molar-refractivity contribution in [1.82, 2.24) is 4.90 Å². The average molecular weight is 332 g/mol. The summed E-state index contributed by atoms with van der Waals surface area (Å²) in [7, 11) is 4.22. The molecule has 0 bridgehead atoms. The Balaban J connectivity index is 0.00000192. The minimum Gasteiger partial charge on any atom is -0.385 e. The Hall–Kier alpha value is -1.35. The predicted octanol–water partition coefficient (Wildman–Crippen LogP) is 3.96. The van der Waals surface area contributed by atoms with Gasteiger partial charge in [0.05, 0.1) is 5.60 Å². The topological polar surface area (TPSA) is 23.5 Å². The van der Waals surface area contributed by atoms with Crippen molar-refractivity contribution in [2.45, 2.75) is 30.8 Å². The fourth-order valence-corrected chi connectivity index (χ4v) is 3.94. The number of hydrogen-bond acceptors (Lipinski definition) is 2. The number of nitrogens with zero attached hydrogens (tertiary/aromatic N) is 1. The molecule has 2 atom stereocenters. The van der Waals surface area contributed by atoms with Crippen LogP contribution < -0.4 is 0 Å². The molecule has 2 aromatic rings. The Morgan fingerprint density at radius 3 is 2.13 bits per heavy atom. The predicted molar refractivity (Wildman–Crippen MR) is 98.3 cm³/mol. The lowest BCUT2D eigenvalue weighted by atomic mass is 9.72. The molecular formula is C20H26ClNO. The van der Waals surface area contributed by atoms with Gasteiger partial charge in [0, 0.05) is 5.41 Å². The molecule has 0 aliphatic heterocycles. The van der Waals surface area contributed by atoms with Gasteiger partial charge in [-0.05, 0) is 57.1 Å². The van der Waals surface area contributed by atoms with Crippen LogP contribution in [-0.2, 0) is 11.0 Å². The van der Waals surface area contributed by atoms with Crippen LogP contribution in [0.3, 0.4) is 0 Å². The maximum Gasteiger partial charge on any atom is 0.0883 e. The van der Waals surface area contributed by atoms with Crippen LogP contribution in [0, 0.1) is 0 Å². The third kappa shape index (κ3) is 3.16. The molecule has 0 spiro atoms. The van der Waals surface area contributed by atoms with Gasteiger partial charge in [-0.1, -0.05) is 54.6 Å². The maximum absolute atomic E-state index is 11.0. The monoisotopic (exact) mass is 331 g/mol. The van der Waals surface area contributed by atoms with Crippen molar-refractivity contribution in [3.05, 3.63) is 71.3 Å². The highest BCUT2D eigenvalue weighted by Gasteiger charge is 2.49. The quantitative estimate of drug-likeness (QED) is 0.916. The molecule has 23 heavy (non-hydrogen) atoms. The molecule has 0 saturated heterocycles. The number of fused-ring (bicyclic) bond motifs is 1. The van der Waals surface area contributed by atoms with Crippen molar-refractivity contribution in [2.24, 2.45) is 0 Å². The molecule has 2 aromatic carbocycles.